The van der Waals surface area contributed by atoms with Crippen molar-refractivity contribution in [3.05, 3.63) is 40.1 Å². The minimum atomic E-state index is -0.394. The molecule has 5 nitrogen and oxygen atoms in total. The van der Waals surface area contributed by atoms with Crippen LogP contribution in [0.2, 0.25) is 0 Å². The molecule has 2 rings (SSSR count). The number of aryl methyl sites for hydroxylation is 1. The number of aromatic nitrogens is 1. The van der Waals surface area contributed by atoms with Crippen molar-refractivity contribution in [2.45, 2.75) is 6.54 Å². The number of nitro groups is 1. The Morgan fingerprint density at radius 2 is 2.12 bits per heavy atom. The van der Waals surface area contributed by atoms with E-state index < -0.39 is 4.92 Å². The summed E-state index contributed by atoms with van der Waals surface area (Å²) in [4.78, 5) is 10.2. The van der Waals surface area contributed by atoms with E-state index in [9.17, 15) is 10.1 Å². The van der Waals surface area contributed by atoms with Crippen LogP contribution in [0.15, 0.2) is 24.3 Å². The van der Waals surface area contributed by atoms with E-state index >= 15 is 0 Å². The summed E-state index contributed by atoms with van der Waals surface area (Å²) in [5.41, 5.74) is 7.59. The quantitative estimate of drug-likeness (QED) is 0.645. The zero-order valence-electron chi connectivity index (χ0n) is 8.71. The fourth-order valence-electron chi connectivity index (χ4n) is 1.70. The third-order valence-electron chi connectivity index (χ3n) is 2.55. The van der Waals surface area contributed by atoms with Crippen molar-refractivity contribution in [1.82, 2.24) is 4.57 Å². The lowest BCUT2D eigenvalue weighted by atomic mass is 10.2. The molecule has 0 radical (unpaired) electrons. The number of nitrogens with two attached hydrogens (primary N) is 1. The molecule has 1 aromatic carbocycles. The maximum Gasteiger partial charge on any atom is 0.270 e. The molecule has 86 valence electrons. The number of halogens is 1. The lowest BCUT2D eigenvalue weighted by Gasteiger charge is -1.99. The summed E-state index contributed by atoms with van der Waals surface area (Å²) in [7, 11) is 1.90. The lowest BCUT2D eigenvalue weighted by Crippen LogP contribution is -2.02. The highest BCUT2D eigenvalue weighted by atomic mass is 35.5. The van der Waals surface area contributed by atoms with E-state index in [1.165, 1.54) is 6.07 Å². The van der Waals surface area contributed by atoms with Crippen molar-refractivity contribution in [3.63, 3.8) is 0 Å². The largest absolute Gasteiger partial charge is 0.346 e. The normalized spacial score (nSPS) is 10.1. The van der Waals surface area contributed by atoms with E-state index in [1.54, 1.807) is 12.1 Å². The molecule has 0 amide bonds. The topological polar surface area (TPSA) is 74.1 Å². The molecule has 0 aliphatic carbocycles. The molecular formula is C10H12ClN3O2. The van der Waals surface area contributed by atoms with Crippen LogP contribution < -0.4 is 5.73 Å². The van der Waals surface area contributed by atoms with Crippen molar-refractivity contribution >= 4 is 29.0 Å². The van der Waals surface area contributed by atoms with Crippen molar-refractivity contribution in [1.29, 1.82) is 0 Å². The standard InChI is InChI=1S/C10H11N3O2.ClH/c1-12-9(6-11)5-7-4-8(13(14)15)2-3-10(7)12;/h2-5H,6,11H2,1H3;1H. The summed E-state index contributed by atoms with van der Waals surface area (Å²) < 4.78 is 1.94. The summed E-state index contributed by atoms with van der Waals surface area (Å²) in [6.07, 6.45) is 0. The van der Waals surface area contributed by atoms with Crippen LogP contribution in [-0.2, 0) is 13.6 Å². The molecule has 0 unspecified atom stereocenters. The summed E-state index contributed by atoms with van der Waals surface area (Å²) in [6.45, 7) is 0.430. The van der Waals surface area contributed by atoms with Crippen LogP contribution in [0.3, 0.4) is 0 Å². The van der Waals surface area contributed by atoms with Gasteiger partial charge in [0.05, 0.1) is 4.92 Å². The van der Waals surface area contributed by atoms with Gasteiger partial charge in [-0.15, -0.1) is 12.4 Å². The van der Waals surface area contributed by atoms with Gasteiger partial charge in [0.25, 0.3) is 5.69 Å². The Morgan fingerprint density at radius 1 is 1.44 bits per heavy atom. The van der Waals surface area contributed by atoms with Gasteiger partial charge in [0, 0.05) is 42.3 Å². The van der Waals surface area contributed by atoms with Gasteiger partial charge in [-0.1, -0.05) is 0 Å². The highest BCUT2D eigenvalue weighted by Gasteiger charge is 2.09. The SMILES string of the molecule is Cl.Cn1c(CN)cc2cc([N+](=O)[O-])ccc21. The average Bonchev–Trinajstić information content (AvgIpc) is 2.55. The number of hydrogen-bond acceptors (Lipinski definition) is 3. The number of hydrogen-bond donors (Lipinski definition) is 1. The van der Waals surface area contributed by atoms with E-state index in [4.69, 9.17) is 5.73 Å². The van der Waals surface area contributed by atoms with Crippen LogP contribution in [0.4, 0.5) is 5.69 Å². The molecule has 1 heterocycles. The molecule has 0 saturated carbocycles. The number of nitro benzene ring substituents is 1. The molecule has 1 aromatic heterocycles. The van der Waals surface area contributed by atoms with Gasteiger partial charge in [-0.3, -0.25) is 10.1 Å². The number of nitrogens with zero attached hydrogens (tertiary/aromatic N) is 2. The highest BCUT2D eigenvalue weighted by Crippen LogP contribution is 2.23. The first-order valence-electron chi connectivity index (χ1n) is 4.56. The first-order valence-corrected chi connectivity index (χ1v) is 4.56. The molecule has 2 N–H and O–H groups in total. The predicted octanol–water partition coefficient (Wildman–Crippen LogP) is 1.97. The van der Waals surface area contributed by atoms with Crippen molar-refractivity contribution < 1.29 is 4.92 Å². The van der Waals surface area contributed by atoms with E-state index in [0.29, 0.717) is 6.54 Å². The maximum atomic E-state index is 10.6. The Kier molecular flexibility index (Phi) is 3.51. The summed E-state index contributed by atoms with van der Waals surface area (Å²) >= 11 is 0. The molecule has 0 atom stereocenters. The highest BCUT2D eigenvalue weighted by molar-refractivity contribution is 5.85. The molecule has 16 heavy (non-hydrogen) atoms. The van der Waals surface area contributed by atoms with E-state index in [2.05, 4.69) is 0 Å². The van der Waals surface area contributed by atoms with Gasteiger partial charge in [-0.05, 0) is 12.1 Å². The minimum absolute atomic E-state index is 0. The van der Waals surface area contributed by atoms with Crippen LogP contribution >= 0.6 is 12.4 Å². The van der Waals surface area contributed by atoms with E-state index in [0.717, 1.165) is 16.6 Å². The molecule has 6 heteroatoms. The van der Waals surface area contributed by atoms with Crippen LogP contribution in [0.5, 0.6) is 0 Å². The van der Waals surface area contributed by atoms with Gasteiger partial charge in [0.1, 0.15) is 0 Å². The van der Waals surface area contributed by atoms with E-state index in [1.807, 2.05) is 17.7 Å². The Morgan fingerprint density at radius 3 is 2.69 bits per heavy atom. The smallest absolute Gasteiger partial charge is 0.270 e. The Hall–Kier alpha value is -1.59. The monoisotopic (exact) mass is 241 g/mol. The lowest BCUT2D eigenvalue weighted by molar-refractivity contribution is -0.384. The molecule has 0 bridgehead atoms. The van der Waals surface area contributed by atoms with Gasteiger partial charge < -0.3 is 10.3 Å². The summed E-state index contributed by atoms with van der Waals surface area (Å²) in [6, 6.07) is 6.69. The van der Waals surface area contributed by atoms with Crippen LogP contribution in [0.25, 0.3) is 10.9 Å². The van der Waals surface area contributed by atoms with Gasteiger partial charge in [-0.25, -0.2) is 0 Å². The molecule has 0 fully saturated rings. The maximum absolute atomic E-state index is 10.6. The molecule has 0 aliphatic rings. The number of rotatable bonds is 2. The molecular weight excluding hydrogens is 230 g/mol. The van der Waals surface area contributed by atoms with Gasteiger partial charge in [-0.2, -0.15) is 0 Å². The second-order valence-corrected chi connectivity index (χ2v) is 3.40. The molecule has 0 aliphatic heterocycles. The molecule has 2 aromatic rings. The predicted molar refractivity (Wildman–Crippen MR) is 64.7 cm³/mol. The first-order chi connectivity index (χ1) is 7.13. The minimum Gasteiger partial charge on any atom is -0.346 e. The van der Waals surface area contributed by atoms with Gasteiger partial charge in [0.2, 0.25) is 0 Å². The Labute approximate surface area is 98.4 Å². The number of fused-ring (bicyclic) bond motifs is 1. The molecule has 0 saturated heterocycles. The third-order valence-corrected chi connectivity index (χ3v) is 2.55. The first kappa shape index (κ1) is 12.5. The summed E-state index contributed by atoms with van der Waals surface area (Å²) in [5.74, 6) is 0. The Bertz CT molecular complexity index is 536. The van der Waals surface area contributed by atoms with Crippen molar-refractivity contribution in [2.24, 2.45) is 12.8 Å². The third kappa shape index (κ3) is 1.87. The zero-order valence-corrected chi connectivity index (χ0v) is 9.53. The average molecular weight is 242 g/mol. The second kappa shape index (κ2) is 4.51. The fourth-order valence-corrected chi connectivity index (χ4v) is 1.70. The van der Waals surface area contributed by atoms with Crippen LogP contribution in [0, 0.1) is 10.1 Å². The van der Waals surface area contributed by atoms with Crippen LogP contribution in [0.1, 0.15) is 5.69 Å². The van der Waals surface area contributed by atoms with Crippen molar-refractivity contribution in [2.75, 3.05) is 0 Å². The van der Waals surface area contributed by atoms with Gasteiger partial charge >= 0.3 is 0 Å². The van der Waals surface area contributed by atoms with Gasteiger partial charge in [0.15, 0.2) is 0 Å². The number of benzene rings is 1. The van der Waals surface area contributed by atoms with Crippen molar-refractivity contribution in [3.8, 4) is 0 Å². The van der Waals surface area contributed by atoms with Crippen LogP contribution in [-0.4, -0.2) is 9.49 Å². The summed E-state index contributed by atoms with van der Waals surface area (Å²) in [5, 5.41) is 11.4. The van der Waals surface area contributed by atoms with E-state index in [-0.39, 0.29) is 18.1 Å². The second-order valence-electron chi connectivity index (χ2n) is 3.40. The zero-order chi connectivity index (χ0) is 11.0. The molecule has 0 spiro atoms. The fraction of sp³-hybridized carbons (Fsp3) is 0.200. The number of non-ortho nitro benzene ring substituents is 1. The Balaban J connectivity index is 0.00000128.